The molecule has 0 bridgehead atoms. The van der Waals surface area contributed by atoms with E-state index in [4.69, 9.17) is 5.11 Å². The Morgan fingerprint density at radius 1 is 1.57 bits per heavy atom. The first-order chi connectivity index (χ1) is 6.79. The van der Waals surface area contributed by atoms with Crippen LogP contribution in [0.4, 0.5) is 5.82 Å². The number of anilines is 1. The van der Waals surface area contributed by atoms with E-state index < -0.39 is 12.0 Å². The molecular formula is C9H9N3O2. The maximum atomic E-state index is 10.8. The molecule has 0 fully saturated rings. The van der Waals surface area contributed by atoms with E-state index in [0.717, 1.165) is 0 Å². The Kier molecular flexibility index (Phi) is 2.14. The summed E-state index contributed by atoms with van der Waals surface area (Å²) < 4.78 is 0. The van der Waals surface area contributed by atoms with Crippen molar-refractivity contribution >= 4 is 18.0 Å². The van der Waals surface area contributed by atoms with E-state index in [1.807, 2.05) is 0 Å². The Morgan fingerprint density at radius 3 is 3.07 bits per heavy atom. The number of nitrogens with zero attached hydrogens (tertiary/aromatic N) is 3. The summed E-state index contributed by atoms with van der Waals surface area (Å²) in [5.41, 5.74) is 0. The van der Waals surface area contributed by atoms with Crippen molar-refractivity contribution in [1.29, 1.82) is 0 Å². The summed E-state index contributed by atoms with van der Waals surface area (Å²) in [6.45, 7) is 0. The van der Waals surface area contributed by atoms with Crippen molar-refractivity contribution < 1.29 is 9.90 Å². The number of pyridine rings is 1. The summed E-state index contributed by atoms with van der Waals surface area (Å²) in [5.74, 6) is -0.318. The van der Waals surface area contributed by atoms with Gasteiger partial charge >= 0.3 is 5.97 Å². The quantitative estimate of drug-likeness (QED) is 0.748. The Morgan fingerprint density at radius 2 is 2.43 bits per heavy atom. The minimum Gasteiger partial charge on any atom is -0.480 e. The summed E-state index contributed by atoms with van der Waals surface area (Å²) in [4.78, 5) is 14.9. The van der Waals surface area contributed by atoms with Gasteiger partial charge in [0.1, 0.15) is 5.82 Å². The largest absolute Gasteiger partial charge is 0.480 e. The zero-order valence-electron chi connectivity index (χ0n) is 7.37. The van der Waals surface area contributed by atoms with Crippen molar-refractivity contribution in [2.75, 3.05) is 5.01 Å². The first-order valence-corrected chi connectivity index (χ1v) is 4.24. The van der Waals surface area contributed by atoms with Crippen LogP contribution in [0.3, 0.4) is 0 Å². The van der Waals surface area contributed by atoms with Gasteiger partial charge in [0.2, 0.25) is 0 Å². The van der Waals surface area contributed by atoms with E-state index in [9.17, 15) is 4.79 Å². The highest BCUT2D eigenvalue weighted by molar-refractivity contribution is 5.84. The highest BCUT2D eigenvalue weighted by atomic mass is 16.4. The maximum Gasteiger partial charge on any atom is 0.328 e. The minimum atomic E-state index is -0.881. The normalized spacial score (nSPS) is 20.0. The predicted octanol–water partition coefficient (Wildman–Crippen LogP) is 0.731. The van der Waals surface area contributed by atoms with E-state index in [0.29, 0.717) is 12.2 Å². The van der Waals surface area contributed by atoms with E-state index in [1.165, 1.54) is 5.01 Å². The molecule has 1 aromatic heterocycles. The number of aromatic nitrogens is 1. The van der Waals surface area contributed by atoms with Gasteiger partial charge in [-0.1, -0.05) is 6.07 Å². The smallest absolute Gasteiger partial charge is 0.328 e. The van der Waals surface area contributed by atoms with Crippen LogP contribution in [0.25, 0.3) is 0 Å². The van der Waals surface area contributed by atoms with Crippen LogP contribution >= 0.6 is 0 Å². The summed E-state index contributed by atoms with van der Waals surface area (Å²) in [5, 5.41) is 14.3. The van der Waals surface area contributed by atoms with Gasteiger partial charge in [-0.25, -0.2) is 14.8 Å². The van der Waals surface area contributed by atoms with Crippen LogP contribution in [0, 0.1) is 0 Å². The second kappa shape index (κ2) is 3.45. The molecule has 1 aliphatic heterocycles. The van der Waals surface area contributed by atoms with Gasteiger partial charge in [-0.2, -0.15) is 5.10 Å². The van der Waals surface area contributed by atoms with Gasteiger partial charge in [-0.15, -0.1) is 0 Å². The van der Waals surface area contributed by atoms with Crippen LogP contribution in [0.1, 0.15) is 6.42 Å². The van der Waals surface area contributed by atoms with Gasteiger partial charge in [0.15, 0.2) is 6.04 Å². The fourth-order valence-corrected chi connectivity index (χ4v) is 1.33. The molecule has 0 amide bonds. The lowest BCUT2D eigenvalue weighted by atomic mass is 10.2. The zero-order chi connectivity index (χ0) is 9.97. The number of carbonyl (C=O) groups is 1. The standard InChI is InChI=1S/C9H9N3O2/c13-9(14)7-4-6-11-12(7)8-3-1-2-5-10-8/h1-3,5-7H,4H2,(H,13,14). The molecule has 0 radical (unpaired) electrons. The van der Waals surface area contributed by atoms with Crippen molar-refractivity contribution in [3.05, 3.63) is 24.4 Å². The lowest BCUT2D eigenvalue weighted by Gasteiger charge is -2.18. The van der Waals surface area contributed by atoms with Gasteiger partial charge in [-0.3, -0.25) is 0 Å². The molecule has 1 aromatic rings. The molecule has 0 saturated heterocycles. The topological polar surface area (TPSA) is 65.8 Å². The third kappa shape index (κ3) is 1.44. The van der Waals surface area contributed by atoms with Gasteiger partial charge < -0.3 is 5.11 Å². The molecule has 72 valence electrons. The second-order valence-electron chi connectivity index (χ2n) is 2.92. The second-order valence-corrected chi connectivity index (χ2v) is 2.92. The summed E-state index contributed by atoms with van der Waals surface area (Å²) in [6.07, 6.45) is 3.63. The predicted molar refractivity (Wildman–Crippen MR) is 51.2 cm³/mol. The first-order valence-electron chi connectivity index (χ1n) is 4.24. The molecule has 1 atom stereocenters. The number of hydrogen-bond acceptors (Lipinski definition) is 4. The average Bonchev–Trinajstić information content (AvgIpc) is 2.67. The molecule has 2 heterocycles. The molecule has 1 N–H and O–H groups in total. The third-order valence-corrected chi connectivity index (χ3v) is 2.00. The molecule has 0 aliphatic carbocycles. The van der Waals surface area contributed by atoms with Crippen molar-refractivity contribution in [3.63, 3.8) is 0 Å². The van der Waals surface area contributed by atoms with Gasteiger partial charge in [0, 0.05) is 18.8 Å². The van der Waals surface area contributed by atoms with Crippen molar-refractivity contribution in [3.8, 4) is 0 Å². The van der Waals surface area contributed by atoms with E-state index in [2.05, 4.69) is 10.1 Å². The number of carboxylic acids is 1. The zero-order valence-corrected chi connectivity index (χ0v) is 7.37. The van der Waals surface area contributed by atoms with Crippen LogP contribution in [-0.2, 0) is 4.79 Å². The number of hydrogen-bond donors (Lipinski definition) is 1. The molecule has 1 unspecified atom stereocenters. The van der Waals surface area contributed by atoms with Gasteiger partial charge in [-0.05, 0) is 12.1 Å². The van der Waals surface area contributed by atoms with Crippen molar-refractivity contribution in [1.82, 2.24) is 4.98 Å². The van der Waals surface area contributed by atoms with E-state index in [-0.39, 0.29) is 0 Å². The average molecular weight is 191 g/mol. The van der Waals surface area contributed by atoms with Crippen LogP contribution < -0.4 is 5.01 Å². The van der Waals surface area contributed by atoms with Crippen LogP contribution in [0.15, 0.2) is 29.5 Å². The third-order valence-electron chi connectivity index (χ3n) is 2.00. The van der Waals surface area contributed by atoms with Crippen LogP contribution in [0.2, 0.25) is 0 Å². The molecule has 0 spiro atoms. The molecule has 5 nitrogen and oxygen atoms in total. The number of rotatable bonds is 2. The first kappa shape index (κ1) is 8.68. The Bertz CT molecular complexity index is 364. The van der Waals surface area contributed by atoms with Gasteiger partial charge in [0.25, 0.3) is 0 Å². The van der Waals surface area contributed by atoms with Crippen LogP contribution in [-0.4, -0.2) is 28.3 Å². The molecule has 0 saturated carbocycles. The number of hydrazone groups is 1. The molecule has 1 aliphatic rings. The molecule has 14 heavy (non-hydrogen) atoms. The lowest BCUT2D eigenvalue weighted by Crippen LogP contribution is -2.34. The number of carboxylic acid groups (broad SMARTS) is 1. The van der Waals surface area contributed by atoms with Crippen molar-refractivity contribution in [2.45, 2.75) is 12.5 Å². The van der Waals surface area contributed by atoms with E-state index in [1.54, 1.807) is 30.6 Å². The highest BCUT2D eigenvalue weighted by Gasteiger charge is 2.29. The summed E-state index contributed by atoms with van der Waals surface area (Å²) >= 11 is 0. The Balaban J connectivity index is 2.26. The number of aliphatic carboxylic acids is 1. The Hall–Kier alpha value is -1.91. The lowest BCUT2D eigenvalue weighted by molar-refractivity contribution is -0.138. The van der Waals surface area contributed by atoms with Crippen LogP contribution in [0.5, 0.6) is 0 Å². The fraction of sp³-hybridized carbons (Fsp3) is 0.222. The highest BCUT2D eigenvalue weighted by Crippen LogP contribution is 2.19. The Labute approximate surface area is 80.7 Å². The molecule has 2 rings (SSSR count). The molecular weight excluding hydrogens is 182 g/mol. The molecule has 5 heteroatoms. The van der Waals surface area contributed by atoms with Gasteiger partial charge in [0.05, 0.1) is 0 Å². The van der Waals surface area contributed by atoms with Crippen molar-refractivity contribution in [2.24, 2.45) is 5.10 Å². The fourth-order valence-electron chi connectivity index (χ4n) is 1.33. The minimum absolute atomic E-state index is 0.423. The monoisotopic (exact) mass is 191 g/mol. The van der Waals surface area contributed by atoms with E-state index >= 15 is 0 Å². The SMILES string of the molecule is O=C(O)C1CC=NN1c1ccccn1. The summed E-state index contributed by atoms with van der Waals surface area (Å²) in [7, 11) is 0. The summed E-state index contributed by atoms with van der Waals surface area (Å²) in [6, 6.07) is 4.69. The maximum absolute atomic E-state index is 10.8. The molecule has 0 aromatic carbocycles.